The Hall–Kier alpha value is -0.610. The molecule has 104 valence electrons. The lowest BCUT2D eigenvalue weighted by molar-refractivity contribution is 0.294. The number of imidazole rings is 1. The largest absolute Gasteiger partial charge is 0.312 e. The molecule has 19 heavy (non-hydrogen) atoms. The van der Waals surface area contributed by atoms with Crippen molar-refractivity contribution in [3.05, 3.63) is 22.6 Å². The van der Waals surface area contributed by atoms with Crippen molar-refractivity contribution in [3.8, 4) is 0 Å². The fourth-order valence-corrected chi connectivity index (χ4v) is 2.50. The number of alkyl halides is 1. The molecule has 2 heterocycles. The molecule has 0 aliphatic rings. The van der Waals surface area contributed by atoms with Crippen LogP contribution in [0.1, 0.15) is 33.0 Å². The van der Waals surface area contributed by atoms with Crippen molar-refractivity contribution in [1.29, 1.82) is 0 Å². The Bertz CT molecular complexity index is 577. The lowest BCUT2D eigenvalue weighted by Gasteiger charge is -2.24. The Morgan fingerprint density at radius 2 is 2.16 bits per heavy atom. The van der Waals surface area contributed by atoms with E-state index in [1.54, 1.807) is 0 Å². The summed E-state index contributed by atoms with van der Waals surface area (Å²) in [5.41, 5.74) is 2.11. The zero-order chi connectivity index (χ0) is 14.0. The summed E-state index contributed by atoms with van der Waals surface area (Å²) < 4.78 is 3.17. The summed E-state index contributed by atoms with van der Waals surface area (Å²) in [5, 5.41) is 0. The number of hydrogen-bond acceptors (Lipinski definition) is 2. The number of nitrogens with zero attached hydrogens (tertiary/aromatic N) is 3. The summed E-state index contributed by atoms with van der Waals surface area (Å²) >= 11 is 9.33. The van der Waals surface area contributed by atoms with E-state index in [4.69, 9.17) is 11.6 Å². The highest BCUT2D eigenvalue weighted by Crippen LogP contribution is 2.27. The summed E-state index contributed by atoms with van der Waals surface area (Å²) in [7, 11) is 0. The second-order valence-electron chi connectivity index (χ2n) is 5.57. The third-order valence-corrected chi connectivity index (χ3v) is 4.11. The Morgan fingerprint density at radius 1 is 1.42 bits per heavy atom. The molecule has 2 aromatic rings. The Kier molecular flexibility index (Phi) is 4.51. The topological polar surface area (TPSA) is 30.7 Å². The summed E-state index contributed by atoms with van der Waals surface area (Å²) in [4.78, 5) is 9.18. The molecule has 5 heteroatoms. The smallest absolute Gasteiger partial charge is 0.160 e. The van der Waals surface area contributed by atoms with E-state index in [2.05, 4.69) is 51.2 Å². The van der Waals surface area contributed by atoms with Gasteiger partial charge in [0.15, 0.2) is 5.65 Å². The van der Waals surface area contributed by atoms with Crippen molar-refractivity contribution in [2.75, 3.05) is 5.88 Å². The van der Waals surface area contributed by atoms with Crippen LogP contribution in [-0.4, -0.2) is 20.4 Å². The molecule has 0 amide bonds. The van der Waals surface area contributed by atoms with Gasteiger partial charge in [0, 0.05) is 29.5 Å². The second-order valence-corrected chi connectivity index (χ2v) is 6.86. The molecule has 0 spiro atoms. The highest BCUT2D eigenvalue weighted by Gasteiger charge is 2.20. The predicted octanol–water partition coefficient (Wildman–Crippen LogP) is 4.41. The van der Waals surface area contributed by atoms with Gasteiger partial charge in [-0.2, -0.15) is 0 Å². The van der Waals surface area contributed by atoms with Gasteiger partial charge in [-0.1, -0.05) is 20.8 Å². The van der Waals surface area contributed by atoms with Crippen LogP contribution in [0.25, 0.3) is 11.2 Å². The van der Waals surface area contributed by atoms with Gasteiger partial charge in [-0.05, 0) is 33.8 Å². The summed E-state index contributed by atoms with van der Waals surface area (Å²) in [5.74, 6) is 1.61. The predicted molar refractivity (Wildman–Crippen MR) is 83.7 cm³/mol. The molecule has 2 rings (SSSR count). The van der Waals surface area contributed by atoms with E-state index in [-0.39, 0.29) is 5.41 Å². The quantitative estimate of drug-likeness (QED) is 0.752. The lowest BCUT2D eigenvalue weighted by atomic mass is 9.90. The molecule has 0 saturated carbocycles. The number of rotatable bonds is 5. The zero-order valence-electron chi connectivity index (χ0n) is 11.6. The van der Waals surface area contributed by atoms with Gasteiger partial charge in [0.1, 0.15) is 11.3 Å². The van der Waals surface area contributed by atoms with Crippen LogP contribution < -0.4 is 0 Å². The monoisotopic (exact) mass is 343 g/mol. The van der Waals surface area contributed by atoms with Crippen molar-refractivity contribution in [2.24, 2.45) is 5.41 Å². The average Bonchev–Trinajstić information content (AvgIpc) is 2.67. The van der Waals surface area contributed by atoms with Crippen LogP contribution in [0.4, 0.5) is 0 Å². The van der Waals surface area contributed by atoms with Gasteiger partial charge in [0.2, 0.25) is 0 Å². The summed E-state index contributed by atoms with van der Waals surface area (Å²) in [6, 6.07) is 2.01. The molecule has 0 radical (unpaired) electrons. The molecule has 0 fully saturated rings. The summed E-state index contributed by atoms with van der Waals surface area (Å²) in [6.07, 6.45) is 3.71. The third-order valence-electron chi connectivity index (χ3n) is 3.49. The molecule has 0 atom stereocenters. The standard InChI is InChI=1S/C14H19BrClN3/c1-4-14(2,3)9-19-12(5-6-16)18-11-7-10(15)8-17-13(11)19/h7-8H,4-6,9H2,1-3H3. The molecular weight excluding hydrogens is 326 g/mol. The second kappa shape index (κ2) is 5.80. The minimum absolute atomic E-state index is 0.226. The maximum Gasteiger partial charge on any atom is 0.160 e. The number of hydrogen-bond donors (Lipinski definition) is 0. The minimum Gasteiger partial charge on any atom is -0.312 e. The number of fused-ring (bicyclic) bond motifs is 1. The first-order valence-corrected chi connectivity index (χ1v) is 7.86. The van der Waals surface area contributed by atoms with E-state index in [9.17, 15) is 0 Å². The fraction of sp³-hybridized carbons (Fsp3) is 0.571. The van der Waals surface area contributed by atoms with Gasteiger partial charge >= 0.3 is 0 Å². The number of aromatic nitrogens is 3. The third kappa shape index (κ3) is 3.29. The molecule has 0 bridgehead atoms. The molecule has 0 aromatic carbocycles. The molecule has 0 unspecified atom stereocenters. The Labute approximate surface area is 127 Å². The highest BCUT2D eigenvalue weighted by atomic mass is 79.9. The molecular formula is C14H19BrClN3. The van der Waals surface area contributed by atoms with Gasteiger partial charge in [0.25, 0.3) is 0 Å². The van der Waals surface area contributed by atoms with Crippen molar-refractivity contribution >= 4 is 38.7 Å². The van der Waals surface area contributed by atoms with Crippen LogP contribution in [0.15, 0.2) is 16.7 Å². The van der Waals surface area contributed by atoms with E-state index < -0.39 is 0 Å². The first kappa shape index (κ1) is 14.8. The van der Waals surface area contributed by atoms with Gasteiger partial charge in [-0.25, -0.2) is 9.97 Å². The van der Waals surface area contributed by atoms with Crippen LogP contribution in [0, 0.1) is 5.41 Å². The van der Waals surface area contributed by atoms with Gasteiger partial charge in [-0.15, -0.1) is 11.6 Å². The highest BCUT2D eigenvalue weighted by molar-refractivity contribution is 9.10. The molecule has 0 N–H and O–H groups in total. The molecule has 2 aromatic heterocycles. The number of aryl methyl sites for hydroxylation is 1. The SMILES string of the molecule is CCC(C)(C)Cn1c(CCCl)nc2cc(Br)cnc21. The molecule has 0 aliphatic carbocycles. The van der Waals surface area contributed by atoms with Crippen LogP contribution in [0.5, 0.6) is 0 Å². The number of pyridine rings is 1. The minimum atomic E-state index is 0.226. The van der Waals surface area contributed by atoms with Crippen LogP contribution in [0.3, 0.4) is 0 Å². The van der Waals surface area contributed by atoms with Gasteiger partial charge in [0.05, 0.1) is 0 Å². The maximum atomic E-state index is 5.89. The maximum absolute atomic E-state index is 5.89. The van der Waals surface area contributed by atoms with Crippen LogP contribution in [-0.2, 0) is 13.0 Å². The molecule has 3 nitrogen and oxygen atoms in total. The van der Waals surface area contributed by atoms with Crippen molar-refractivity contribution in [2.45, 2.75) is 40.2 Å². The van der Waals surface area contributed by atoms with Crippen LogP contribution in [0.2, 0.25) is 0 Å². The molecule has 0 aliphatic heterocycles. The number of halogens is 2. The van der Waals surface area contributed by atoms with E-state index in [1.165, 1.54) is 0 Å². The first-order valence-electron chi connectivity index (χ1n) is 6.53. The van der Waals surface area contributed by atoms with Crippen molar-refractivity contribution in [3.63, 3.8) is 0 Å². The summed E-state index contributed by atoms with van der Waals surface area (Å²) in [6.45, 7) is 7.66. The van der Waals surface area contributed by atoms with E-state index >= 15 is 0 Å². The van der Waals surface area contributed by atoms with Gasteiger partial charge in [-0.3, -0.25) is 0 Å². The Morgan fingerprint density at radius 3 is 2.79 bits per heavy atom. The van der Waals surface area contributed by atoms with Crippen molar-refractivity contribution in [1.82, 2.24) is 14.5 Å². The first-order chi connectivity index (χ1) is 8.96. The van der Waals surface area contributed by atoms with Gasteiger partial charge < -0.3 is 4.57 Å². The lowest BCUT2D eigenvalue weighted by Crippen LogP contribution is -2.20. The normalized spacial score (nSPS) is 12.3. The van der Waals surface area contributed by atoms with E-state index in [1.807, 2.05) is 12.3 Å². The Balaban J connectivity index is 2.52. The zero-order valence-corrected chi connectivity index (χ0v) is 13.9. The van der Waals surface area contributed by atoms with E-state index in [0.29, 0.717) is 5.88 Å². The molecule has 0 saturated heterocycles. The van der Waals surface area contributed by atoms with Crippen molar-refractivity contribution < 1.29 is 0 Å². The average molecular weight is 345 g/mol. The van der Waals surface area contributed by atoms with Crippen LogP contribution >= 0.6 is 27.5 Å². The van der Waals surface area contributed by atoms with E-state index in [0.717, 1.165) is 40.8 Å². The fourth-order valence-electron chi connectivity index (χ4n) is 2.01.